The van der Waals surface area contributed by atoms with Gasteiger partial charge in [0.05, 0.1) is 11.3 Å². The van der Waals surface area contributed by atoms with Crippen LogP contribution in [0.1, 0.15) is 18.9 Å². The Balaban J connectivity index is 2.67. The standard InChI is InChI=1S/C12H14F2N2OS/c1-8(18(2)17)5-6-16-10-4-3-9(7-15)11(13)12(10)14/h3-4,8,16H,5-6H2,1-2H3. The third kappa shape index (κ3) is 3.50. The first-order valence-corrected chi connectivity index (χ1v) is 7.03. The number of hydrogen-bond acceptors (Lipinski definition) is 3. The van der Waals surface area contributed by atoms with Gasteiger partial charge >= 0.3 is 0 Å². The van der Waals surface area contributed by atoms with E-state index in [-0.39, 0.29) is 16.5 Å². The number of nitrogens with zero attached hydrogens (tertiary/aromatic N) is 1. The van der Waals surface area contributed by atoms with Gasteiger partial charge in [-0.2, -0.15) is 5.26 Å². The lowest BCUT2D eigenvalue weighted by atomic mass is 10.2. The zero-order chi connectivity index (χ0) is 13.7. The van der Waals surface area contributed by atoms with Crippen molar-refractivity contribution in [2.24, 2.45) is 0 Å². The topological polar surface area (TPSA) is 52.9 Å². The van der Waals surface area contributed by atoms with E-state index < -0.39 is 22.4 Å². The summed E-state index contributed by atoms with van der Waals surface area (Å²) in [5, 5.41) is 11.3. The first kappa shape index (κ1) is 14.6. The number of anilines is 1. The van der Waals surface area contributed by atoms with Gasteiger partial charge in [0.15, 0.2) is 11.6 Å². The summed E-state index contributed by atoms with van der Waals surface area (Å²) in [6, 6.07) is 4.12. The molecule has 1 aromatic carbocycles. The Kier molecular flexibility index (Phi) is 5.23. The molecule has 0 aromatic heterocycles. The van der Waals surface area contributed by atoms with E-state index in [1.54, 1.807) is 12.3 Å². The number of rotatable bonds is 5. The summed E-state index contributed by atoms with van der Waals surface area (Å²) >= 11 is 0. The predicted octanol–water partition coefficient (Wildman–Crippen LogP) is 2.41. The van der Waals surface area contributed by atoms with Crippen LogP contribution < -0.4 is 5.32 Å². The van der Waals surface area contributed by atoms with E-state index in [4.69, 9.17) is 5.26 Å². The van der Waals surface area contributed by atoms with E-state index in [1.807, 2.05) is 6.92 Å². The molecule has 1 N–H and O–H groups in total. The van der Waals surface area contributed by atoms with Crippen molar-refractivity contribution in [2.45, 2.75) is 18.6 Å². The molecule has 0 bridgehead atoms. The van der Waals surface area contributed by atoms with Crippen LogP contribution in [0.3, 0.4) is 0 Å². The molecule has 98 valence electrons. The van der Waals surface area contributed by atoms with Gasteiger partial charge in [0.25, 0.3) is 0 Å². The molecule has 18 heavy (non-hydrogen) atoms. The molecule has 1 aromatic rings. The zero-order valence-corrected chi connectivity index (χ0v) is 11.0. The van der Waals surface area contributed by atoms with Gasteiger partial charge in [-0.25, -0.2) is 8.78 Å². The van der Waals surface area contributed by atoms with E-state index >= 15 is 0 Å². The Bertz CT molecular complexity index is 500. The number of hydrogen-bond donors (Lipinski definition) is 1. The van der Waals surface area contributed by atoms with Gasteiger partial charge in [-0.1, -0.05) is 6.92 Å². The summed E-state index contributed by atoms with van der Waals surface area (Å²) in [5.41, 5.74) is -0.304. The van der Waals surface area contributed by atoms with Crippen LogP contribution in [-0.2, 0) is 10.8 Å². The fourth-order valence-electron chi connectivity index (χ4n) is 1.35. The van der Waals surface area contributed by atoms with E-state index in [2.05, 4.69) is 5.32 Å². The molecule has 0 aliphatic heterocycles. The SMILES string of the molecule is CC(CCNc1ccc(C#N)c(F)c1F)S(C)=O. The van der Waals surface area contributed by atoms with Crippen molar-refractivity contribution in [3.05, 3.63) is 29.3 Å². The second kappa shape index (κ2) is 6.45. The summed E-state index contributed by atoms with van der Waals surface area (Å²) in [6.45, 7) is 2.22. The smallest absolute Gasteiger partial charge is 0.183 e. The molecule has 0 saturated carbocycles. The number of nitriles is 1. The van der Waals surface area contributed by atoms with Crippen molar-refractivity contribution >= 4 is 16.5 Å². The predicted molar refractivity (Wildman–Crippen MR) is 67.7 cm³/mol. The van der Waals surface area contributed by atoms with Crippen molar-refractivity contribution in [2.75, 3.05) is 18.1 Å². The number of nitrogens with one attached hydrogen (secondary N) is 1. The first-order chi connectivity index (χ1) is 8.47. The molecule has 0 heterocycles. The van der Waals surface area contributed by atoms with E-state index in [9.17, 15) is 13.0 Å². The molecular weight excluding hydrogens is 258 g/mol. The number of halogens is 2. The summed E-state index contributed by atoms with van der Waals surface area (Å²) in [7, 11) is -0.934. The molecule has 0 spiro atoms. The van der Waals surface area contributed by atoms with Crippen LogP contribution >= 0.6 is 0 Å². The molecule has 0 aliphatic rings. The lowest BCUT2D eigenvalue weighted by Crippen LogP contribution is -2.15. The van der Waals surface area contributed by atoms with Crippen molar-refractivity contribution in [3.8, 4) is 6.07 Å². The van der Waals surface area contributed by atoms with Crippen molar-refractivity contribution < 1.29 is 13.0 Å². The van der Waals surface area contributed by atoms with Gasteiger partial charge in [0.2, 0.25) is 0 Å². The molecule has 2 atom stereocenters. The van der Waals surface area contributed by atoms with E-state index in [0.717, 1.165) is 0 Å². The third-order valence-corrected chi connectivity index (χ3v) is 4.00. The van der Waals surface area contributed by atoms with Gasteiger partial charge in [-0.05, 0) is 18.6 Å². The monoisotopic (exact) mass is 272 g/mol. The largest absolute Gasteiger partial charge is 0.383 e. The van der Waals surface area contributed by atoms with Crippen LogP contribution in [0.25, 0.3) is 0 Å². The molecule has 2 unspecified atom stereocenters. The minimum atomic E-state index is -1.14. The Morgan fingerprint density at radius 1 is 1.44 bits per heavy atom. The highest BCUT2D eigenvalue weighted by Gasteiger charge is 2.13. The van der Waals surface area contributed by atoms with Gasteiger partial charge in [0.1, 0.15) is 6.07 Å². The maximum Gasteiger partial charge on any atom is 0.183 e. The van der Waals surface area contributed by atoms with Crippen LogP contribution in [0.15, 0.2) is 12.1 Å². The first-order valence-electron chi connectivity index (χ1n) is 5.41. The summed E-state index contributed by atoms with van der Waals surface area (Å²) in [5.74, 6) is -2.20. The average Bonchev–Trinajstić information content (AvgIpc) is 2.34. The van der Waals surface area contributed by atoms with Crippen molar-refractivity contribution in [3.63, 3.8) is 0 Å². The maximum atomic E-state index is 13.5. The quantitative estimate of drug-likeness (QED) is 0.895. The maximum absolute atomic E-state index is 13.5. The fraction of sp³-hybridized carbons (Fsp3) is 0.417. The van der Waals surface area contributed by atoms with Crippen LogP contribution in [0.4, 0.5) is 14.5 Å². The molecule has 0 saturated heterocycles. The normalized spacial score (nSPS) is 13.7. The average molecular weight is 272 g/mol. The molecule has 1 rings (SSSR count). The van der Waals surface area contributed by atoms with E-state index in [1.165, 1.54) is 12.1 Å². The highest BCUT2D eigenvalue weighted by atomic mass is 32.2. The Morgan fingerprint density at radius 3 is 2.67 bits per heavy atom. The lowest BCUT2D eigenvalue weighted by Gasteiger charge is -2.11. The van der Waals surface area contributed by atoms with Crippen molar-refractivity contribution in [1.29, 1.82) is 5.26 Å². The number of benzene rings is 1. The van der Waals surface area contributed by atoms with Crippen LogP contribution in [0.5, 0.6) is 0 Å². The third-order valence-electron chi connectivity index (χ3n) is 2.64. The molecule has 3 nitrogen and oxygen atoms in total. The Morgan fingerprint density at radius 2 is 2.11 bits per heavy atom. The van der Waals surface area contributed by atoms with E-state index in [0.29, 0.717) is 13.0 Å². The Labute approximate surface area is 107 Å². The van der Waals surface area contributed by atoms with Gasteiger partial charge < -0.3 is 5.32 Å². The molecule has 6 heteroatoms. The fourth-order valence-corrected chi connectivity index (χ4v) is 1.80. The zero-order valence-electron chi connectivity index (χ0n) is 10.2. The molecule has 0 aliphatic carbocycles. The van der Waals surface area contributed by atoms with Crippen molar-refractivity contribution in [1.82, 2.24) is 0 Å². The summed E-state index contributed by atoms with van der Waals surface area (Å²) in [4.78, 5) is 0. The Hall–Kier alpha value is -1.48. The van der Waals surface area contributed by atoms with Gasteiger partial charge in [-0.15, -0.1) is 0 Å². The summed E-state index contributed by atoms with van der Waals surface area (Å²) in [6.07, 6.45) is 2.19. The second-order valence-corrected chi connectivity index (χ2v) is 5.73. The highest BCUT2D eigenvalue weighted by molar-refractivity contribution is 7.84. The minimum Gasteiger partial charge on any atom is -0.383 e. The van der Waals surface area contributed by atoms with Gasteiger partial charge in [-0.3, -0.25) is 4.21 Å². The summed E-state index contributed by atoms with van der Waals surface area (Å²) < 4.78 is 37.9. The van der Waals surface area contributed by atoms with Crippen LogP contribution in [0, 0.1) is 23.0 Å². The van der Waals surface area contributed by atoms with Crippen LogP contribution in [-0.4, -0.2) is 22.3 Å². The second-order valence-electron chi connectivity index (χ2n) is 3.93. The van der Waals surface area contributed by atoms with Crippen LogP contribution in [0.2, 0.25) is 0 Å². The minimum absolute atomic E-state index is 0.0104. The molecular formula is C12H14F2N2OS. The molecule has 0 fully saturated rings. The molecule has 0 radical (unpaired) electrons. The van der Waals surface area contributed by atoms with Gasteiger partial charge in [0, 0.05) is 28.9 Å². The molecule has 0 amide bonds. The highest BCUT2D eigenvalue weighted by Crippen LogP contribution is 2.20. The lowest BCUT2D eigenvalue weighted by molar-refractivity contribution is 0.508.